The quantitative estimate of drug-likeness (QED) is 0.428. The van der Waals surface area contributed by atoms with E-state index in [1.165, 1.54) is 0 Å². The van der Waals surface area contributed by atoms with E-state index >= 15 is 0 Å². The fraction of sp³-hybridized carbons (Fsp3) is 0.500. The summed E-state index contributed by atoms with van der Waals surface area (Å²) in [5, 5.41) is 4.11. The van der Waals surface area contributed by atoms with Crippen LogP contribution in [0.1, 0.15) is 31.7 Å². The summed E-state index contributed by atoms with van der Waals surface area (Å²) in [5.41, 5.74) is 1.14. The lowest BCUT2D eigenvalue weighted by Gasteiger charge is -1.97. The summed E-state index contributed by atoms with van der Waals surface area (Å²) in [7, 11) is 0. The highest BCUT2D eigenvalue weighted by atomic mass is 32.2. The molecule has 112 valence electrons. The number of nitrogens with zero attached hydrogens (tertiary/aromatic N) is 2. The van der Waals surface area contributed by atoms with E-state index < -0.39 is 11.9 Å². The van der Waals surface area contributed by atoms with Crippen molar-refractivity contribution >= 4 is 17.5 Å². The molecule has 0 fully saturated rings. The Labute approximate surface area is 119 Å². The Morgan fingerprint density at radius 1 is 1.40 bits per heavy atom. The number of halogens is 3. The number of aromatic nitrogens is 1. The summed E-state index contributed by atoms with van der Waals surface area (Å²) in [4.78, 5) is 9.02. The molecule has 0 saturated carbocycles. The predicted octanol–water partition coefficient (Wildman–Crippen LogP) is 4.30. The second-order valence-corrected chi connectivity index (χ2v) is 4.80. The van der Waals surface area contributed by atoms with Crippen LogP contribution in [-0.2, 0) is 4.84 Å². The number of aryl methyl sites for hydroxylation is 1. The van der Waals surface area contributed by atoms with E-state index in [-0.39, 0.29) is 17.4 Å². The van der Waals surface area contributed by atoms with Gasteiger partial charge >= 0.3 is 6.08 Å². The van der Waals surface area contributed by atoms with Crippen molar-refractivity contribution in [1.82, 2.24) is 4.98 Å². The molecule has 0 radical (unpaired) electrons. The lowest BCUT2D eigenvalue weighted by Crippen LogP contribution is -1.96. The van der Waals surface area contributed by atoms with Gasteiger partial charge < -0.3 is 9.25 Å². The van der Waals surface area contributed by atoms with Gasteiger partial charge in [-0.2, -0.15) is 8.78 Å². The summed E-state index contributed by atoms with van der Waals surface area (Å²) in [5.74, 6) is -0.826. The number of rotatable bonds is 7. The Bertz CT molecular complexity index is 511. The molecule has 20 heavy (non-hydrogen) atoms. The minimum atomic E-state index is -2.28. The normalized spacial score (nSPS) is 11.6. The van der Waals surface area contributed by atoms with Crippen molar-refractivity contribution < 1.29 is 22.4 Å². The molecule has 0 atom stereocenters. The second-order valence-electron chi connectivity index (χ2n) is 3.75. The van der Waals surface area contributed by atoms with Gasteiger partial charge in [0.25, 0.3) is 5.22 Å². The highest BCUT2D eigenvalue weighted by Gasteiger charge is 2.14. The van der Waals surface area contributed by atoms with Crippen LogP contribution >= 0.6 is 11.8 Å². The number of hydrogen-bond acceptors (Lipinski definition) is 5. The molecule has 0 saturated heterocycles. The van der Waals surface area contributed by atoms with Crippen LogP contribution in [0.2, 0.25) is 0 Å². The van der Waals surface area contributed by atoms with Gasteiger partial charge in [0, 0.05) is 12.2 Å². The molecule has 0 aliphatic rings. The molecular formula is C12H15F3N2O2S. The lowest BCUT2D eigenvalue weighted by molar-refractivity contribution is 0.158. The molecule has 0 aliphatic carbocycles. The van der Waals surface area contributed by atoms with Gasteiger partial charge in [0.15, 0.2) is 11.6 Å². The Morgan fingerprint density at radius 2 is 2.10 bits per heavy atom. The average molecular weight is 308 g/mol. The number of oxazole rings is 1. The highest BCUT2D eigenvalue weighted by Crippen LogP contribution is 2.24. The molecule has 1 aromatic heterocycles. The van der Waals surface area contributed by atoms with E-state index in [4.69, 9.17) is 9.25 Å². The molecule has 8 heteroatoms. The fourth-order valence-electron chi connectivity index (χ4n) is 1.29. The minimum Gasteiger partial charge on any atom is -0.430 e. The molecule has 1 heterocycles. The zero-order chi connectivity index (χ0) is 15.1. The third-order valence-electron chi connectivity index (χ3n) is 2.19. The Morgan fingerprint density at radius 3 is 2.70 bits per heavy atom. The smallest absolute Gasteiger partial charge is 0.301 e. The topological polar surface area (TPSA) is 47.6 Å². The van der Waals surface area contributed by atoms with Crippen LogP contribution in [0.25, 0.3) is 0 Å². The molecule has 0 amide bonds. The Hall–Kier alpha value is -1.44. The van der Waals surface area contributed by atoms with Gasteiger partial charge in [0.2, 0.25) is 0 Å². The summed E-state index contributed by atoms with van der Waals surface area (Å²) >= 11 is 1.06. The maximum absolute atomic E-state index is 12.6. The molecule has 0 unspecified atom stereocenters. The van der Waals surface area contributed by atoms with Crippen molar-refractivity contribution in [1.29, 1.82) is 0 Å². The zero-order valence-electron chi connectivity index (χ0n) is 11.4. The summed E-state index contributed by atoms with van der Waals surface area (Å²) in [6, 6.07) is 0. The monoisotopic (exact) mass is 308 g/mol. The maximum atomic E-state index is 12.6. The van der Waals surface area contributed by atoms with Crippen molar-refractivity contribution in [3.63, 3.8) is 0 Å². The minimum absolute atomic E-state index is 0.115. The van der Waals surface area contributed by atoms with E-state index in [0.717, 1.165) is 11.8 Å². The lowest BCUT2D eigenvalue weighted by atomic mass is 10.3. The third kappa shape index (κ3) is 4.92. The molecule has 0 aliphatic heterocycles. The summed E-state index contributed by atoms with van der Waals surface area (Å²) in [6.07, 6.45) is -2.65. The summed E-state index contributed by atoms with van der Waals surface area (Å²) in [6.45, 7) is 5.68. The molecule has 0 bridgehead atoms. The average Bonchev–Trinajstić information content (AvgIpc) is 2.77. The maximum Gasteiger partial charge on any atom is 0.301 e. The number of hydrogen-bond donors (Lipinski definition) is 0. The number of allylic oxidation sites excluding steroid dienone is 1. The van der Waals surface area contributed by atoms with Crippen LogP contribution in [0.15, 0.2) is 26.7 Å². The van der Waals surface area contributed by atoms with Gasteiger partial charge in [-0.1, -0.05) is 16.9 Å². The molecular weight excluding hydrogens is 293 g/mol. The zero-order valence-corrected chi connectivity index (χ0v) is 12.2. The predicted molar refractivity (Wildman–Crippen MR) is 70.8 cm³/mol. The van der Waals surface area contributed by atoms with Gasteiger partial charge in [0.05, 0.1) is 5.69 Å². The largest absolute Gasteiger partial charge is 0.430 e. The first-order valence-electron chi connectivity index (χ1n) is 5.92. The molecule has 0 N–H and O–H groups in total. The standard InChI is InChI=1S/C12H15F3N2O2S/c1-4-18-17-8(3)10-7(2)16-12(19-10)20-6-5-9(13)11(14)15/h4-6H2,1-3H3/b17-8+. The number of oxime groups is 1. The van der Waals surface area contributed by atoms with E-state index in [2.05, 4.69) is 10.1 Å². The molecule has 1 aromatic rings. The first-order valence-corrected chi connectivity index (χ1v) is 6.91. The van der Waals surface area contributed by atoms with Crippen LogP contribution in [0, 0.1) is 6.92 Å². The fourth-order valence-corrected chi connectivity index (χ4v) is 2.09. The van der Waals surface area contributed by atoms with E-state index in [9.17, 15) is 13.2 Å². The van der Waals surface area contributed by atoms with Crippen molar-refractivity contribution in [2.45, 2.75) is 32.4 Å². The molecule has 0 spiro atoms. The SMILES string of the molecule is CCO/N=C(\C)c1oc(SCCC(F)=C(F)F)nc1C. The Kier molecular flexibility index (Phi) is 6.63. The molecule has 1 rings (SSSR count). The Balaban J connectivity index is 2.64. The molecule has 4 nitrogen and oxygen atoms in total. The van der Waals surface area contributed by atoms with Gasteiger partial charge in [-0.3, -0.25) is 0 Å². The molecule has 0 aromatic carbocycles. The highest BCUT2D eigenvalue weighted by molar-refractivity contribution is 7.99. The van der Waals surface area contributed by atoms with Gasteiger partial charge in [-0.15, -0.1) is 0 Å². The third-order valence-corrected chi connectivity index (χ3v) is 3.02. The first kappa shape index (κ1) is 16.6. The first-order chi connectivity index (χ1) is 9.45. The van der Waals surface area contributed by atoms with Crippen LogP contribution in [0.4, 0.5) is 13.2 Å². The second kappa shape index (κ2) is 7.98. The van der Waals surface area contributed by atoms with E-state index in [0.29, 0.717) is 23.8 Å². The number of thioether (sulfide) groups is 1. The van der Waals surface area contributed by atoms with Crippen molar-refractivity contribution in [3.8, 4) is 0 Å². The van der Waals surface area contributed by atoms with Crippen molar-refractivity contribution in [3.05, 3.63) is 23.4 Å². The van der Waals surface area contributed by atoms with Crippen molar-refractivity contribution in [2.24, 2.45) is 5.16 Å². The van der Waals surface area contributed by atoms with Gasteiger partial charge in [0.1, 0.15) is 12.3 Å². The van der Waals surface area contributed by atoms with Crippen LogP contribution in [-0.4, -0.2) is 23.1 Å². The van der Waals surface area contributed by atoms with E-state index in [1.807, 2.05) is 0 Å². The van der Waals surface area contributed by atoms with Crippen LogP contribution in [0.5, 0.6) is 0 Å². The van der Waals surface area contributed by atoms with Gasteiger partial charge in [-0.05, 0) is 20.8 Å². The van der Waals surface area contributed by atoms with Crippen LogP contribution < -0.4 is 0 Å². The van der Waals surface area contributed by atoms with Crippen LogP contribution in [0.3, 0.4) is 0 Å². The van der Waals surface area contributed by atoms with Gasteiger partial charge in [-0.25, -0.2) is 9.37 Å². The summed E-state index contributed by atoms with van der Waals surface area (Å²) < 4.78 is 41.8. The van der Waals surface area contributed by atoms with E-state index in [1.54, 1.807) is 20.8 Å². The van der Waals surface area contributed by atoms with Crippen molar-refractivity contribution in [2.75, 3.05) is 12.4 Å².